The zero-order valence-electron chi connectivity index (χ0n) is 10.7. The van der Waals surface area contributed by atoms with Crippen LogP contribution >= 0.6 is 27.5 Å². The Morgan fingerprint density at radius 3 is 2.90 bits per heavy atom. The molecule has 0 radical (unpaired) electrons. The molecule has 6 heteroatoms. The number of ether oxygens (including phenoxy) is 1. The Labute approximate surface area is 130 Å². The van der Waals surface area contributed by atoms with E-state index in [4.69, 9.17) is 16.3 Å². The largest absolute Gasteiger partial charge is 0.484 e. The minimum absolute atomic E-state index is 0.100. The molecular weight excluding hydrogens is 344 g/mol. The number of carbonyl (C=O) groups is 1. The fraction of sp³-hybridized carbons (Fsp3) is 0.143. The Hall–Kier alpha value is -1.59. The second-order valence-electron chi connectivity index (χ2n) is 4.06. The van der Waals surface area contributed by atoms with Gasteiger partial charge in [-0.3, -0.25) is 4.79 Å². The number of aryl methyl sites for hydroxylation is 1. The van der Waals surface area contributed by atoms with Gasteiger partial charge < -0.3 is 10.1 Å². The summed E-state index contributed by atoms with van der Waals surface area (Å²) < 4.78 is 6.24. The highest BCUT2D eigenvalue weighted by Crippen LogP contribution is 2.18. The lowest BCUT2D eigenvalue weighted by Crippen LogP contribution is -2.20. The first-order valence-corrected chi connectivity index (χ1v) is 7.03. The Morgan fingerprint density at radius 2 is 2.20 bits per heavy atom. The van der Waals surface area contributed by atoms with Crippen molar-refractivity contribution in [2.24, 2.45) is 0 Å². The van der Waals surface area contributed by atoms with Crippen LogP contribution in [0.1, 0.15) is 5.69 Å². The number of amides is 1. The first-order chi connectivity index (χ1) is 9.54. The normalized spacial score (nSPS) is 10.2. The molecule has 0 aliphatic rings. The number of hydrogen-bond acceptors (Lipinski definition) is 3. The van der Waals surface area contributed by atoms with Crippen LogP contribution in [-0.2, 0) is 4.79 Å². The third kappa shape index (κ3) is 4.21. The van der Waals surface area contributed by atoms with Crippen molar-refractivity contribution in [1.82, 2.24) is 4.98 Å². The second-order valence-corrected chi connectivity index (χ2v) is 5.35. The van der Waals surface area contributed by atoms with Crippen LogP contribution in [0.4, 0.5) is 5.82 Å². The number of anilines is 1. The summed E-state index contributed by atoms with van der Waals surface area (Å²) in [6.07, 6.45) is 0. The van der Waals surface area contributed by atoms with Crippen molar-refractivity contribution in [1.29, 1.82) is 0 Å². The highest BCUT2D eigenvalue weighted by molar-refractivity contribution is 9.10. The Bertz CT molecular complexity index is 634. The van der Waals surface area contributed by atoms with Gasteiger partial charge in [0.15, 0.2) is 6.61 Å². The summed E-state index contributed by atoms with van der Waals surface area (Å²) in [6.45, 7) is 1.75. The van der Waals surface area contributed by atoms with Crippen LogP contribution in [0, 0.1) is 6.92 Å². The summed E-state index contributed by atoms with van der Waals surface area (Å²) in [5, 5.41) is 3.23. The number of benzene rings is 1. The van der Waals surface area contributed by atoms with Crippen LogP contribution < -0.4 is 10.1 Å². The van der Waals surface area contributed by atoms with Gasteiger partial charge in [0, 0.05) is 9.50 Å². The number of halogens is 2. The lowest BCUT2D eigenvalue weighted by molar-refractivity contribution is -0.118. The molecule has 1 amide bonds. The maximum Gasteiger partial charge on any atom is 0.263 e. The maximum absolute atomic E-state index is 11.7. The Kier molecular flexibility index (Phi) is 4.98. The molecule has 104 valence electrons. The standard InChI is InChI=1S/C14H12BrClN2O2/c1-9-12(15)5-6-13(17-9)18-14(19)8-20-11-4-2-3-10(16)7-11/h2-7H,8H2,1H3,(H,17,18,19). The van der Waals surface area contributed by atoms with Gasteiger partial charge in [-0.25, -0.2) is 4.98 Å². The third-order valence-corrected chi connectivity index (χ3v) is 3.53. The molecule has 0 saturated carbocycles. The Balaban J connectivity index is 1.91. The predicted molar refractivity (Wildman–Crippen MR) is 82.3 cm³/mol. The summed E-state index contributed by atoms with van der Waals surface area (Å²) >= 11 is 9.18. The smallest absolute Gasteiger partial charge is 0.263 e. The third-order valence-electron chi connectivity index (χ3n) is 2.45. The molecule has 0 bridgehead atoms. The second kappa shape index (κ2) is 6.72. The fourth-order valence-electron chi connectivity index (χ4n) is 1.50. The van der Waals surface area contributed by atoms with Gasteiger partial charge in [0.05, 0.1) is 5.69 Å². The number of pyridine rings is 1. The molecule has 1 N–H and O–H groups in total. The quantitative estimate of drug-likeness (QED) is 0.907. The van der Waals surface area contributed by atoms with E-state index in [1.165, 1.54) is 0 Å². The van der Waals surface area contributed by atoms with E-state index in [0.717, 1.165) is 10.2 Å². The van der Waals surface area contributed by atoms with Gasteiger partial charge in [-0.1, -0.05) is 17.7 Å². The lowest BCUT2D eigenvalue weighted by atomic mass is 10.3. The van der Waals surface area contributed by atoms with Gasteiger partial charge in [0.25, 0.3) is 5.91 Å². The van der Waals surface area contributed by atoms with Gasteiger partial charge in [-0.15, -0.1) is 0 Å². The van der Waals surface area contributed by atoms with Crippen LogP contribution in [0.5, 0.6) is 5.75 Å². The number of hydrogen-bond donors (Lipinski definition) is 1. The highest BCUT2D eigenvalue weighted by Gasteiger charge is 2.06. The number of carbonyl (C=O) groups excluding carboxylic acids is 1. The highest BCUT2D eigenvalue weighted by atomic mass is 79.9. The van der Waals surface area contributed by atoms with Crippen molar-refractivity contribution in [3.05, 3.63) is 51.6 Å². The predicted octanol–water partition coefficient (Wildman–Crippen LogP) is 3.82. The summed E-state index contributed by atoms with van der Waals surface area (Å²) in [5.41, 5.74) is 0.804. The maximum atomic E-state index is 11.7. The molecule has 0 saturated heterocycles. The molecule has 1 aromatic heterocycles. The molecule has 0 atom stereocenters. The summed E-state index contributed by atoms with van der Waals surface area (Å²) in [5.74, 6) is 0.761. The van der Waals surface area contributed by atoms with Crippen LogP contribution in [-0.4, -0.2) is 17.5 Å². The SMILES string of the molecule is Cc1nc(NC(=O)COc2cccc(Cl)c2)ccc1Br. The van der Waals surface area contributed by atoms with E-state index in [2.05, 4.69) is 26.2 Å². The summed E-state index contributed by atoms with van der Waals surface area (Å²) in [4.78, 5) is 16.0. The van der Waals surface area contributed by atoms with E-state index in [-0.39, 0.29) is 12.5 Å². The lowest BCUT2D eigenvalue weighted by Gasteiger charge is -2.08. The minimum Gasteiger partial charge on any atom is -0.484 e. The van der Waals surface area contributed by atoms with E-state index in [1.54, 1.807) is 30.3 Å². The first-order valence-electron chi connectivity index (χ1n) is 5.86. The molecule has 0 unspecified atom stereocenters. The van der Waals surface area contributed by atoms with Crippen molar-refractivity contribution in [2.45, 2.75) is 6.92 Å². The first kappa shape index (κ1) is 14.8. The Morgan fingerprint density at radius 1 is 1.40 bits per heavy atom. The van der Waals surface area contributed by atoms with Crippen molar-refractivity contribution in [2.75, 3.05) is 11.9 Å². The molecule has 1 heterocycles. The van der Waals surface area contributed by atoms with Gasteiger partial charge in [-0.2, -0.15) is 0 Å². The van der Waals surface area contributed by atoms with Crippen molar-refractivity contribution in [3.8, 4) is 5.75 Å². The van der Waals surface area contributed by atoms with E-state index in [9.17, 15) is 4.79 Å². The average molecular weight is 356 g/mol. The minimum atomic E-state index is -0.279. The molecule has 0 fully saturated rings. The number of nitrogens with one attached hydrogen (secondary N) is 1. The van der Waals surface area contributed by atoms with Crippen molar-refractivity contribution < 1.29 is 9.53 Å². The molecule has 2 rings (SSSR count). The van der Waals surface area contributed by atoms with Gasteiger partial charge in [-0.05, 0) is 53.2 Å². The molecular formula is C14H12BrClN2O2. The monoisotopic (exact) mass is 354 g/mol. The van der Waals surface area contributed by atoms with E-state index in [1.807, 2.05) is 13.0 Å². The molecule has 1 aromatic carbocycles. The zero-order chi connectivity index (χ0) is 14.5. The van der Waals surface area contributed by atoms with E-state index in [0.29, 0.717) is 16.6 Å². The number of nitrogens with zero attached hydrogens (tertiary/aromatic N) is 1. The summed E-state index contributed by atoms with van der Waals surface area (Å²) in [6, 6.07) is 10.4. The molecule has 0 aliphatic carbocycles. The fourth-order valence-corrected chi connectivity index (χ4v) is 1.90. The number of aromatic nitrogens is 1. The van der Waals surface area contributed by atoms with Gasteiger partial charge >= 0.3 is 0 Å². The topological polar surface area (TPSA) is 51.2 Å². The van der Waals surface area contributed by atoms with Gasteiger partial charge in [0.2, 0.25) is 0 Å². The van der Waals surface area contributed by atoms with Gasteiger partial charge in [0.1, 0.15) is 11.6 Å². The molecule has 0 spiro atoms. The van der Waals surface area contributed by atoms with Crippen LogP contribution in [0.2, 0.25) is 5.02 Å². The number of rotatable bonds is 4. The van der Waals surface area contributed by atoms with E-state index >= 15 is 0 Å². The average Bonchev–Trinajstić information content (AvgIpc) is 2.41. The zero-order valence-corrected chi connectivity index (χ0v) is 13.0. The van der Waals surface area contributed by atoms with Crippen molar-refractivity contribution >= 4 is 39.3 Å². The van der Waals surface area contributed by atoms with Crippen LogP contribution in [0.25, 0.3) is 0 Å². The molecule has 0 aliphatic heterocycles. The molecule has 4 nitrogen and oxygen atoms in total. The van der Waals surface area contributed by atoms with Crippen LogP contribution in [0.15, 0.2) is 40.9 Å². The van der Waals surface area contributed by atoms with Crippen LogP contribution in [0.3, 0.4) is 0 Å². The van der Waals surface area contributed by atoms with E-state index < -0.39 is 0 Å². The molecule has 20 heavy (non-hydrogen) atoms. The van der Waals surface area contributed by atoms with Crippen molar-refractivity contribution in [3.63, 3.8) is 0 Å². The molecule has 2 aromatic rings. The summed E-state index contributed by atoms with van der Waals surface area (Å²) in [7, 11) is 0.